The lowest BCUT2D eigenvalue weighted by atomic mass is 9.84. The van der Waals surface area contributed by atoms with Crippen LogP contribution in [0.3, 0.4) is 0 Å². The molecule has 7 heteroatoms. The number of ether oxygens (including phenoxy) is 1. The standard InChI is InChI=1S/C15H22Br2F2O2Si/c1-14(2,3)11-10(20-4)8-7-9(12(11)21-22(5)6)13(18)15(16,17)19/h7-8,13,22H,1-6H3. The summed E-state index contributed by atoms with van der Waals surface area (Å²) in [7, 11) is 0.0304. The van der Waals surface area contributed by atoms with Gasteiger partial charge in [-0.05, 0) is 62.5 Å². The first-order valence-electron chi connectivity index (χ1n) is 6.98. The topological polar surface area (TPSA) is 18.5 Å². The normalized spacial score (nSPS) is 14.1. The molecule has 0 N–H and O–H groups in total. The van der Waals surface area contributed by atoms with Crippen LogP contribution in [-0.4, -0.2) is 19.6 Å². The molecule has 1 aromatic carbocycles. The predicted octanol–water partition coefficient (Wildman–Crippen LogP) is 5.78. The van der Waals surface area contributed by atoms with E-state index >= 15 is 0 Å². The Balaban J connectivity index is 3.65. The Labute approximate surface area is 149 Å². The van der Waals surface area contributed by atoms with E-state index in [1.807, 2.05) is 33.9 Å². The first-order valence-corrected chi connectivity index (χ1v) is 11.3. The van der Waals surface area contributed by atoms with Crippen molar-refractivity contribution in [2.75, 3.05) is 7.11 Å². The third-order valence-electron chi connectivity index (χ3n) is 3.03. The van der Waals surface area contributed by atoms with Gasteiger partial charge in [0.25, 0.3) is 3.49 Å². The molecule has 0 saturated carbocycles. The van der Waals surface area contributed by atoms with E-state index in [9.17, 15) is 8.78 Å². The SMILES string of the molecule is COc1ccc(C(F)C(F)(Br)Br)c(O[SiH](C)C)c1C(C)(C)C. The van der Waals surface area contributed by atoms with Gasteiger partial charge in [-0.3, -0.25) is 0 Å². The van der Waals surface area contributed by atoms with E-state index in [0.717, 1.165) is 5.56 Å². The van der Waals surface area contributed by atoms with Crippen LogP contribution in [0, 0.1) is 0 Å². The van der Waals surface area contributed by atoms with Crippen LogP contribution < -0.4 is 9.16 Å². The van der Waals surface area contributed by atoms with Gasteiger partial charge in [-0.15, -0.1) is 0 Å². The van der Waals surface area contributed by atoms with Crippen molar-refractivity contribution in [2.45, 2.75) is 48.9 Å². The molecule has 0 bridgehead atoms. The zero-order valence-corrected chi connectivity index (χ0v) is 18.0. The Bertz CT molecular complexity index is 525. The summed E-state index contributed by atoms with van der Waals surface area (Å²) < 4.78 is 37.6. The van der Waals surface area contributed by atoms with Crippen LogP contribution in [0.5, 0.6) is 11.5 Å². The van der Waals surface area contributed by atoms with E-state index in [1.54, 1.807) is 13.2 Å². The summed E-state index contributed by atoms with van der Waals surface area (Å²) in [6.07, 6.45) is -1.91. The summed E-state index contributed by atoms with van der Waals surface area (Å²) in [5.74, 6) is 1.00. The van der Waals surface area contributed by atoms with Crippen LogP contribution in [0.1, 0.15) is 38.1 Å². The van der Waals surface area contributed by atoms with Crippen molar-refractivity contribution in [1.82, 2.24) is 0 Å². The first kappa shape index (κ1) is 19.9. The molecule has 0 aliphatic heterocycles. The number of halogens is 4. The van der Waals surface area contributed by atoms with Crippen molar-refractivity contribution in [2.24, 2.45) is 0 Å². The zero-order valence-electron chi connectivity index (χ0n) is 13.6. The Morgan fingerprint density at radius 2 is 1.73 bits per heavy atom. The number of benzene rings is 1. The predicted molar refractivity (Wildman–Crippen MR) is 96.7 cm³/mol. The second-order valence-corrected chi connectivity index (χ2v) is 12.1. The summed E-state index contributed by atoms with van der Waals surface area (Å²) in [6, 6.07) is 3.17. The lowest BCUT2D eigenvalue weighted by molar-refractivity contribution is 0.221. The summed E-state index contributed by atoms with van der Waals surface area (Å²) in [6.45, 7) is 9.92. The molecule has 0 fully saturated rings. The lowest BCUT2D eigenvalue weighted by Crippen LogP contribution is -2.23. The van der Waals surface area contributed by atoms with E-state index in [4.69, 9.17) is 9.16 Å². The van der Waals surface area contributed by atoms with Crippen molar-refractivity contribution in [3.63, 3.8) is 0 Å². The molecule has 1 rings (SSSR count). The molecule has 126 valence electrons. The molecule has 1 atom stereocenters. The average Bonchev–Trinajstić information content (AvgIpc) is 2.34. The Morgan fingerprint density at radius 3 is 2.09 bits per heavy atom. The van der Waals surface area contributed by atoms with Gasteiger partial charge >= 0.3 is 0 Å². The summed E-state index contributed by atoms with van der Waals surface area (Å²) in [4.78, 5) is 0. The zero-order chi connectivity index (χ0) is 17.3. The highest BCUT2D eigenvalue weighted by Crippen LogP contribution is 2.50. The fraction of sp³-hybridized carbons (Fsp3) is 0.600. The first-order chi connectivity index (χ1) is 9.89. The highest BCUT2D eigenvalue weighted by molar-refractivity contribution is 9.25. The second kappa shape index (κ2) is 7.17. The van der Waals surface area contributed by atoms with Gasteiger partial charge in [0.15, 0.2) is 6.17 Å². The van der Waals surface area contributed by atoms with Gasteiger partial charge in [-0.1, -0.05) is 20.8 Å². The highest BCUT2D eigenvalue weighted by Gasteiger charge is 2.39. The van der Waals surface area contributed by atoms with Crippen molar-refractivity contribution in [3.8, 4) is 11.5 Å². The largest absolute Gasteiger partial charge is 0.546 e. The number of hydrogen-bond acceptors (Lipinski definition) is 2. The van der Waals surface area contributed by atoms with Crippen molar-refractivity contribution >= 4 is 40.9 Å². The van der Waals surface area contributed by atoms with E-state index in [-0.39, 0.29) is 11.0 Å². The summed E-state index contributed by atoms with van der Waals surface area (Å²) in [5, 5.41) is 0. The molecular formula is C15H22Br2F2O2Si. The molecular weight excluding hydrogens is 438 g/mol. The smallest absolute Gasteiger partial charge is 0.253 e. The minimum Gasteiger partial charge on any atom is -0.546 e. The molecule has 0 spiro atoms. The molecule has 22 heavy (non-hydrogen) atoms. The Morgan fingerprint density at radius 1 is 1.18 bits per heavy atom. The van der Waals surface area contributed by atoms with Crippen molar-refractivity contribution in [3.05, 3.63) is 23.3 Å². The van der Waals surface area contributed by atoms with Gasteiger partial charge in [0.1, 0.15) is 11.5 Å². The molecule has 1 unspecified atom stereocenters. The third kappa shape index (κ3) is 4.68. The Hall–Kier alpha value is -0.143. The van der Waals surface area contributed by atoms with Crippen molar-refractivity contribution in [1.29, 1.82) is 0 Å². The molecule has 2 nitrogen and oxygen atoms in total. The van der Waals surface area contributed by atoms with Crippen molar-refractivity contribution < 1.29 is 17.9 Å². The molecule has 0 radical (unpaired) electrons. The van der Waals surface area contributed by atoms with Crippen LogP contribution >= 0.6 is 31.9 Å². The van der Waals surface area contributed by atoms with Gasteiger partial charge < -0.3 is 9.16 Å². The molecule has 0 aromatic heterocycles. The van der Waals surface area contributed by atoms with Gasteiger partial charge in [0.05, 0.1) is 7.11 Å². The molecule has 0 saturated heterocycles. The third-order valence-corrected chi connectivity index (χ3v) is 4.54. The maximum absolute atomic E-state index is 14.6. The number of methoxy groups -OCH3 is 1. The highest BCUT2D eigenvalue weighted by atomic mass is 79.9. The molecule has 0 aliphatic rings. The summed E-state index contributed by atoms with van der Waals surface area (Å²) >= 11 is 5.38. The maximum Gasteiger partial charge on any atom is 0.253 e. The maximum atomic E-state index is 14.6. The van der Waals surface area contributed by atoms with E-state index in [1.165, 1.54) is 6.07 Å². The van der Waals surface area contributed by atoms with Crippen LogP contribution in [0.2, 0.25) is 13.1 Å². The van der Waals surface area contributed by atoms with E-state index in [2.05, 4.69) is 31.9 Å². The van der Waals surface area contributed by atoms with Gasteiger partial charge in [0, 0.05) is 11.1 Å². The molecule has 0 aliphatic carbocycles. The van der Waals surface area contributed by atoms with Gasteiger partial charge in [-0.25, -0.2) is 8.78 Å². The average molecular weight is 460 g/mol. The monoisotopic (exact) mass is 458 g/mol. The van der Waals surface area contributed by atoms with E-state index in [0.29, 0.717) is 11.5 Å². The number of alkyl halides is 4. The fourth-order valence-corrected chi connectivity index (χ4v) is 3.42. The Kier molecular flexibility index (Phi) is 6.49. The molecule has 0 heterocycles. The molecule has 1 aromatic rings. The van der Waals surface area contributed by atoms with E-state index < -0.39 is 18.7 Å². The van der Waals surface area contributed by atoms with Gasteiger partial charge in [0.2, 0.25) is 9.04 Å². The fourth-order valence-electron chi connectivity index (χ4n) is 2.20. The second-order valence-electron chi connectivity index (χ2n) is 6.38. The minimum absolute atomic E-state index is 0.170. The van der Waals surface area contributed by atoms with Crippen LogP contribution in [0.25, 0.3) is 0 Å². The van der Waals surface area contributed by atoms with Crippen LogP contribution in [0.4, 0.5) is 8.78 Å². The van der Waals surface area contributed by atoms with Crippen LogP contribution in [-0.2, 0) is 5.41 Å². The van der Waals surface area contributed by atoms with Crippen LogP contribution in [0.15, 0.2) is 12.1 Å². The summed E-state index contributed by atoms with van der Waals surface area (Å²) in [5.41, 5.74) is 0.584. The lowest BCUT2D eigenvalue weighted by Gasteiger charge is -2.30. The number of hydrogen-bond donors (Lipinski definition) is 0. The minimum atomic E-state index is -2.35. The number of rotatable bonds is 5. The quantitative estimate of drug-likeness (QED) is 0.410. The molecule has 0 amide bonds. The van der Waals surface area contributed by atoms with Gasteiger partial charge in [-0.2, -0.15) is 0 Å².